The van der Waals surface area contributed by atoms with E-state index in [0.29, 0.717) is 0 Å². The molecule has 114 valence electrons. The normalized spacial score (nSPS) is 15.5. The first-order valence-electron chi connectivity index (χ1n) is 7.64. The minimum Gasteiger partial charge on any atom is -0.455 e. The predicted octanol–water partition coefficient (Wildman–Crippen LogP) is 2.53. The zero-order valence-electron chi connectivity index (χ0n) is 12.6. The Morgan fingerprint density at radius 2 is 1.90 bits per heavy atom. The highest BCUT2D eigenvalue weighted by Gasteiger charge is 2.16. The second kappa shape index (κ2) is 7.81. The summed E-state index contributed by atoms with van der Waals surface area (Å²) in [6, 6.07) is 7.94. The third-order valence-electron chi connectivity index (χ3n) is 3.93. The molecule has 0 aromatic heterocycles. The number of rotatable bonds is 5. The fraction of sp³-hybridized carbons (Fsp3) is 0.529. The fourth-order valence-electron chi connectivity index (χ4n) is 2.68. The molecule has 1 amide bonds. The van der Waals surface area contributed by atoms with Crippen LogP contribution in [0.5, 0.6) is 0 Å². The highest BCUT2D eigenvalue weighted by Crippen LogP contribution is 2.17. The summed E-state index contributed by atoms with van der Waals surface area (Å²) in [7, 11) is 0. The quantitative estimate of drug-likeness (QED) is 0.847. The number of hydrogen-bond acceptors (Lipinski definition) is 3. The molecule has 1 aliphatic carbocycles. The van der Waals surface area contributed by atoms with Crippen molar-refractivity contribution in [3.05, 3.63) is 35.4 Å². The maximum Gasteiger partial charge on any atom is 0.310 e. The van der Waals surface area contributed by atoms with Crippen LogP contribution in [-0.2, 0) is 20.7 Å². The molecule has 1 fully saturated rings. The fourth-order valence-corrected chi connectivity index (χ4v) is 2.68. The third-order valence-corrected chi connectivity index (χ3v) is 3.93. The van der Waals surface area contributed by atoms with Crippen molar-refractivity contribution in [2.24, 2.45) is 0 Å². The van der Waals surface area contributed by atoms with Crippen molar-refractivity contribution in [3.63, 3.8) is 0 Å². The maximum absolute atomic E-state index is 11.8. The highest BCUT2D eigenvalue weighted by atomic mass is 16.5. The first kappa shape index (κ1) is 15.5. The Balaban J connectivity index is 1.71. The van der Waals surface area contributed by atoms with Gasteiger partial charge < -0.3 is 10.1 Å². The lowest BCUT2D eigenvalue weighted by atomic mass is 9.95. The van der Waals surface area contributed by atoms with E-state index in [1.54, 1.807) is 0 Å². The number of hydrogen-bond donors (Lipinski definition) is 1. The van der Waals surface area contributed by atoms with Crippen LogP contribution in [0.4, 0.5) is 0 Å². The summed E-state index contributed by atoms with van der Waals surface area (Å²) in [5.74, 6) is -0.553. The number of aryl methyl sites for hydroxylation is 1. The van der Waals surface area contributed by atoms with E-state index in [4.69, 9.17) is 4.74 Å². The predicted molar refractivity (Wildman–Crippen MR) is 80.9 cm³/mol. The lowest BCUT2D eigenvalue weighted by Gasteiger charge is -2.22. The molecule has 4 nitrogen and oxygen atoms in total. The Morgan fingerprint density at radius 1 is 1.19 bits per heavy atom. The number of carbonyl (C=O) groups excluding carboxylic acids is 2. The Bertz CT molecular complexity index is 493. The molecule has 0 atom stereocenters. The second-order valence-corrected chi connectivity index (χ2v) is 5.67. The molecular formula is C17H23NO3. The van der Waals surface area contributed by atoms with Gasteiger partial charge in [0.05, 0.1) is 6.42 Å². The number of carbonyl (C=O) groups is 2. The van der Waals surface area contributed by atoms with E-state index < -0.39 is 0 Å². The molecule has 0 heterocycles. The number of benzene rings is 1. The monoisotopic (exact) mass is 289 g/mol. The van der Waals surface area contributed by atoms with E-state index in [1.165, 1.54) is 6.42 Å². The van der Waals surface area contributed by atoms with E-state index in [1.807, 2.05) is 31.2 Å². The largest absolute Gasteiger partial charge is 0.455 e. The van der Waals surface area contributed by atoms with Crippen LogP contribution in [-0.4, -0.2) is 24.5 Å². The molecule has 0 aliphatic heterocycles. The topological polar surface area (TPSA) is 55.4 Å². The Hall–Kier alpha value is -1.84. The summed E-state index contributed by atoms with van der Waals surface area (Å²) in [5, 5.41) is 2.93. The average Bonchev–Trinajstić information content (AvgIpc) is 2.49. The SMILES string of the molecule is Cc1ccccc1CC(=O)OCC(=O)NC1CCCCC1. The van der Waals surface area contributed by atoms with E-state index in [0.717, 1.165) is 36.8 Å². The molecule has 4 heteroatoms. The van der Waals surface area contributed by atoms with Gasteiger partial charge in [-0.25, -0.2) is 0 Å². The molecule has 1 saturated carbocycles. The van der Waals surface area contributed by atoms with Gasteiger partial charge in [-0.1, -0.05) is 43.5 Å². The molecule has 1 aliphatic rings. The van der Waals surface area contributed by atoms with E-state index in [-0.39, 0.29) is 30.9 Å². The summed E-state index contributed by atoms with van der Waals surface area (Å²) in [5.41, 5.74) is 2.00. The third kappa shape index (κ3) is 5.21. The lowest BCUT2D eigenvalue weighted by molar-refractivity contribution is -0.148. The van der Waals surface area contributed by atoms with Crippen molar-refractivity contribution in [2.45, 2.75) is 51.5 Å². The molecule has 0 spiro atoms. The molecule has 0 radical (unpaired) electrons. The summed E-state index contributed by atoms with van der Waals surface area (Å²) in [6.45, 7) is 1.78. The van der Waals surface area contributed by atoms with Crippen LogP contribution in [0.2, 0.25) is 0 Å². The Labute approximate surface area is 125 Å². The van der Waals surface area contributed by atoms with E-state index in [2.05, 4.69) is 5.32 Å². The molecule has 0 bridgehead atoms. The summed E-state index contributed by atoms with van der Waals surface area (Å²) < 4.78 is 5.05. The number of nitrogens with one attached hydrogen (secondary N) is 1. The van der Waals surface area contributed by atoms with Crippen molar-refractivity contribution in [1.82, 2.24) is 5.32 Å². The number of ether oxygens (including phenoxy) is 1. The van der Waals surface area contributed by atoms with Crippen LogP contribution >= 0.6 is 0 Å². The van der Waals surface area contributed by atoms with Crippen LogP contribution in [0, 0.1) is 6.92 Å². The van der Waals surface area contributed by atoms with Gasteiger partial charge in [0.1, 0.15) is 0 Å². The molecule has 1 aromatic carbocycles. The van der Waals surface area contributed by atoms with Crippen LogP contribution in [0.25, 0.3) is 0 Å². The van der Waals surface area contributed by atoms with Gasteiger partial charge in [-0.3, -0.25) is 9.59 Å². The van der Waals surface area contributed by atoms with Gasteiger partial charge >= 0.3 is 5.97 Å². The summed E-state index contributed by atoms with van der Waals surface area (Å²) >= 11 is 0. The van der Waals surface area contributed by atoms with E-state index in [9.17, 15) is 9.59 Å². The second-order valence-electron chi connectivity index (χ2n) is 5.67. The van der Waals surface area contributed by atoms with Crippen LogP contribution < -0.4 is 5.32 Å². The molecule has 1 aromatic rings. The van der Waals surface area contributed by atoms with E-state index >= 15 is 0 Å². The molecule has 2 rings (SSSR count). The summed E-state index contributed by atoms with van der Waals surface area (Å²) in [6.07, 6.45) is 5.85. The Kier molecular flexibility index (Phi) is 5.78. The number of esters is 1. The minimum absolute atomic E-state index is 0.179. The van der Waals surface area contributed by atoms with Gasteiger partial charge in [0.15, 0.2) is 6.61 Å². The first-order chi connectivity index (χ1) is 10.1. The Morgan fingerprint density at radius 3 is 2.62 bits per heavy atom. The van der Waals surface area contributed by atoms with Crippen molar-refractivity contribution < 1.29 is 14.3 Å². The molecule has 1 N–H and O–H groups in total. The van der Waals surface area contributed by atoms with Crippen LogP contribution in [0.3, 0.4) is 0 Å². The van der Waals surface area contributed by atoms with Crippen molar-refractivity contribution in [2.75, 3.05) is 6.61 Å². The van der Waals surface area contributed by atoms with Crippen LogP contribution in [0.1, 0.15) is 43.2 Å². The average molecular weight is 289 g/mol. The van der Waals surface area contributed by atoms with Gasteiger partial charge in [-0.05, 0) is 30.9 Å². The van der Waals surface area contributed by atoms with Crippen molar-refractivity contribution in [1.29, 1.82) is 0 Å². The van der Waals surface area contributed by atoms with Crippen LogP contribution in [0.15, 0.2) is 24.3 Å². The molecule has 21 heavy (non-hydrogen) atoms. The molecule has 0 unspecified atom stereocenters. The first-order valence-corrected chi connectivity index (χ1v) is 7.64. The summed E-state index contributed by atoms with van der Waals surface area (Å²) in [4.78, 5) is 23.5. The zero-order valence-corrected chi connectivity index (χ0v) is 12.6. The van der Waals surface area contributed by atoms with Gasteiger partial charge in [0, 0.05) is 6.04 Å². The van der Waals surface area contributed by atoms with Crippen molar-refractivity contribution >= 4 is 11.9 Å². The van der Waals surface area contributed by atoms with Crippen molar-refractivity contribution in [3.8, 4) is 0 Å². The lowest BCUT2D eigenvalue weighted by Crippen LogP contribution is -2.38. The zero-order chi connectivity index (χ0) is 15.1. The minimum atomic E-state index is -0.358. The maximum atomic E-state index is 11.8. The van der Waals surface area contributed by atoms with Gasteiger partial charge in [-0.2, -0.15) is 0 Å². The molecule has 0 saturated heterocycles. The van der Waals surface area contributed by atoms with Gasteiger partial charge in [-0.15, -0.1) is 0 Å². The number of amides is 1. The van der Waals surface area contributed by atoms with Gasteiger partial charge in [0.25, 0.3) is 5.91 Å². The smallest absolute Gasteiger partial charge is 0.310 e. The highest BCUT2D eigenvalue weighted by molar-refractivity contribution is 5.81. The standard InChI is InChI=1S/C17H23NO3/c1-13-7-5-6-8-14(13)11-17(20)21-12-16(19)18-15-9-3-2-4-10-15/h5-8,15H,2-4,9-12H2,1H3,(H,18,19). The van der Waals surface area contributed by atoms with Gasteiger partial charge in [0.2, 0.25) is 0 Å². The molecular weight excluding hydrogens is 266 g/mol.